The van der Waals surface area contributed by atoms with E-state index in [9.17, 15) is 9.18 Å². The maximum Gasteiger partial charge on any atom is 0.248 e. The van der Waals surface area contributed by atoms with E-state index in [4.69, 9.17) is 11.6 Å². The Bertz CT molecular complexity index is 605. The van der Waals surface area contributed by atoms with Crippen LogP contribution in [0.25, 0.3) is 6.08 Å². The van der Waals surface area contributed by atoms with E-state index in [0.29, 0.717) is 10.2 Å². The molecule has 0 aliphatic heterocycles. The fraction of sp³-hybridized carbons (Fsp3) is 0. The van der Waals surface area contributed by atoms with Crippen molar-refractivity contribution in [2.45, 2.75) is 0 Å². The van der Waals surface area contributed by atoms with Gasteiger partial charge in [-0.25, -0.2) is 4.39 Å². The van der Waals surface area contributed by atoms with Gasteiger partial charge in [0.2, 0.25) is 5.91 Å². The highest BCUT2D eigenvalue weighted by Crippen LogP contribution is 2.31. The summed E-state index contributed by atoms with van der Waals surface area (Å²) in [5.41, 5.74) is 0.351. The van der Waals surface area contributed by atoms with E-state index in [1.54, 1.807) is 6.08 Å². The Hall–Kier alpha value is -1.17. The van der Waals surface area contributed by atoms with Crippen LogP contribution in [0.3, 0.4) is 0 Å². The minimum atomic E-state index is -0.469. The van der Waals surface area contributed by atoms with Crippen LogP contribution in [0.4, 0.5) is 10.1 Å². The number of carbonyl (C=O) groups excluding carboxylic acids is 1. The topological polar surface area (TPSA) is 29.1 Å². The predicted octanol–water partition coefficient (Wildman–Crippen LogP) is 4.96. The molecule has 1 aromatic carbocycles. The number of hydrogen-bond acceptors (Lipinski definition) is 2. The molecular weight excluding hydrogens is 353 g/mol. The first-order valence-electron chi connectivity index (χ1n) is 5.23. The van der Waals surface area contributed by atoms with Crippen LogP contribution in [-0.2, 0) is 4.79 Å². The predicted molar refractivity (Wildman–Crippen MR) is 81.1 cm³/mol. The summed E-state index contributed by atoms with van der Waals surface area (Å²) in [5, 5.41) is 4.67. The molecule has 0 fully saturated rings. The van der Waals surface area contributed by atoms with Crippen molar-refractivity contribution >= 4 is 56.5 Å². The van der Waals surface area contributed by atoms with Crippen LogP contribution in [0.5, 0.6) is 0 Å². The van der Waals surface area contributed by atoms with Crippen molar-refractivity contribution in [3.63, 3.8) is 0 Å². The number of thiophene rings is 1. The quantitative estimate of drug-likeness (QED) is 0.771. The maximum absolute atomic E-state index is 13.0. The Kier molecular flexibility index (Phi) is 4.74. The third kappa shape index (κ3) is 3.89. The Morgan fingerprint density at radius 1 is 1.47 bits per heavy atom. The van der Waals surface area contributed by atoms with Crippen LogP contribution in [0.2, 0.25) is 5.02 Å². The van der Waals surface area contributed by atoms with Crippen molar-refractivity contribution in [3.8, 4) is 0 Å². The van der Waals surface area contributed by atoms with E-state index in [1.807, 2.05) is 17.5 Å². The van der Waals surface area contributed by atoms with Gasteiger partial charge in [-0.05, 0) is 45.6 Å². The van der Waals surface area contributed by atoms with Gasteiger partial charge in [-0.1, -0.05) is 17.7 Å². The standard InChI is InChI=1S/C13H8BrClFNOS/c14-10-6-8(16)7-11(15)13(10)17-12(18)4-3-9-2-1-5-19-9/h1-7H,(H,17,18)/b4-3+. The average molecular weight is 361 g/mol. The molecule has 6 heteroatoms. The molecule has 0 saturated heterocycles. The van der Waals surface area contributed by atoms with Gasteiger partial charge in [0.15, 0.2) is 0 Å². The molecule has 0 bridgehead atoms. The maximum atomic E-state index is 13.0. The molecule has 1 amide bonds. The van der Waals surface area contributed by atoms with E-state index in [1.165, 1.54) is 23.5 Å². The van der Waals surface area contributed by atoms with Crippen LogP contribution in [-0.4, -0.2) is 5.91 Å². The molecule has 0 radical (unpaired) electrons. The molecule has 0 atom stereocenters. The molecule has 1 heterocycles. The second-order valence-corrected chi connectivity index (χ2v) is 5.82. The highest BCUT2D eigenvalue weighted by molar-refractivity contribution is 9.10. The molecule has 0 unspecified atom stereocenters. The number of hydrogen-bond donors (Lipinski definition) is 1. The lowest BCUT2D eigenvalue weighted by atomic mass is 10.3. The molecule has 19 heavy (non-hydrogen) atoms. The van der Waals surface area contributed by atoms with Gasteiger partial charge in [0.1, 0.15) is 5.82 Å². The van der Waals surface area contributed by atoms with E-state index < -0.39 is 5.82 Å². The molecule has 0 aliphatic rings. The summed E-state index contributed by atoms with van der Waals surface area (Å²) in [4.78, 5) is 12.7. The Balaban J connectivity index is 2.11. The smallest absolute Gasteiger partial charge is 0.248 e. The third-order valence-corrected chi connectivity index (χ3v) is 3.96. The molecule has 2 nitrogen and oxygen atoms in total. The molecular formula is C13H8BrClFNOS. The number of carbonyl (C=O) groups is 1. The molecule has 0 saturated carbocycles. The number of anilines is 1. The second-order valence-electron chi connectivity index (χ2n) is 3.58. The van der Waals surface area contributed by atoms with Crippen molar-refractivity contribution in [1.82, 2.24) is 0 Å². The minimum Gasteiger partial charge on any atom is -0.320 e. The van der Waals surface area contributed by atoms with Crippen LogP contribution in [0, 0.1) is 5.82 Å². The van der Waals surface area contributed by atoms with Crippen molar-refractivity contribution in [1.29, 1.82) is 0 Å². The highest BCUT2D eigenvalue weighted by Gasteiger charge is 2.09. The molecule has 0 spiro atoms. The number of amides is 1. The normalized spacial score (nSPS) is 10.9. The van der Waals surface area contributed by atoms with Gasteiger partial charge in [-0.3, -0.25) is 4.79 Å². The van der Waals surface area contributed by atoms with Crippen LogP contribution < -0.4 is 5.32 Å². The monoisotopic (exact) mass is 359 g/mol. The van der Waals surface area contributed by atoms with Gasteiger partial charge in [0.25, 0.3) is 0 Å². The lowest BCUT2D eigenvalue weighted by molar-refractivity contribution is -0.111. The first-order valence-corrected chi connectivity index (χ1v) is 7.28. The van der Waals surface area contributed by atoms with Crippen LogP contribution >= 0.6 is 38.9 Å². The summed E-state index contributed by atoms with van der Waals surface area (Å²) in [6.45, 7) is 0. The van der Waals surface area contributed by atoms with Crippen molar-refractivity contribution < 1.29 is 9.18 Å². The summed E-state index contributed by atoms with van der Waals surface area (Å²) in [6.07, 6.45) is 3.10. The van der Waals surface area contributed by atoms with Gasteiger partial charge in [0, 0.05) is 15.4 Å². The Morgan fingerprint density at radius 2 is 2.26 bits per heavy atom. The van der Waals surface area contributed by atoms with Crippen LogP contribution in [0.15, 0.2) is 40.2 Å². The summed E-state index contributed by atoms with van der Waals surface area (Å²) in [6, 6.07) is 6.18. The summed E-state index contributed by atoms with van der Waals surface area (Å²) < 4.78 is 13.4. The Morgan fingerprint density at radius 3 is 2.89 bits per heavy atom. The molecule has 2 rings (SSSR count). The van der Waals surface area contributed by atoms with Gasteiger partial charge >= 0.3 is 0 Å². The highest BCUT2D eigenvalue weighted by atomic mass is 79.9. The Labute approximate surface area is 127 Å². The number of benzene rings is 1. The average Bonchev–Trinajstić information content (AvgIpc) is 2.84. The van der Waals surface area contributed by atoms with Gasteiger partial charge in [-0.15, -0.1) is 11.3 Å². The lowest BCUT2D eigenvalue weighted by Crippen LogP contribution is -2.08. The minimum absolute atomic E-state index is 0.143. The van der Waals surface area contributed by atoms with Crippen molar-refractivity contribution in [2.75, 3.05) is 5.32 Å². The first kappa shape index (κ1) is 14.2. The fourth-order valence-electron chi connectivity index (χ4n) is 1.37. The first-order chi connectivity index (χ1) is 9.06. The van der Waals surface area contributed by atoms with Gasteiger partial charge < -0.3 is 5.32 Å². The fourth-order valence-corrected chi connectivity index (χ4v) is 2.89. The van der Waals surface area contributed by atoms with E-state index in [2.05, 4.69) is 21.2 Å². The molecule has 2 aromatic rings. The molecule has 0 aliphatic carbocycles. The van der Waals surface area contributed by atoms with E-state index in [0.717, 1.165) is 10.9 Å². The number of rotatable bonds is 3. The number of halogens is 3. The number of nitrogens with one attached hydrogen (secondary N) is 1. The SMILES string of the molecule is O=C(/C=C/c1cccs1)Nc1c(Cl)cc(F)cc1Br. The van der Waals surface area contributed by atoms with Crippen molar-refractivity contribution in [3.05, 3.63) is 55.9 Å². The summed E-state index contributed by atoms with van der Waals surface area (Å²) >= 11 is 10.6. The van der Waals surface area contributed by atoms with Gasteiger partial charge in [-0.2, -0.15) is 0 Å². The summed E-state index contributed by atoms with van der Waals surface area (Å²) in [5.74, 6) is -0.799. The lowest BCUT2D eigenvalue weighted by Gasteiger charge is -2.07. The second kappa shape index (κ2) is 6.32. The third-order valence-electron chi connectivity index (χ3n) is 2.20. The zero-order chi connectivity index (χ0) is 13.8. The summed E-state index contributed by atoms with van der Waals surface area (Å²) in [7, 11) is 0. The van der Waals surface area contributed by atoms with Gasteiger partial charge in [0.05, 0.1) is 10.7 Å². The molecule has 1 aromatic heterocycles. The van der Waals surface area contributed by atoms with E-state index in [-0.39, 0.29) is 10.9 Å². The van der Waals surface area contributed by atoms with Crippen molar-refractivity contribution in [2.24, 2.45) is 0 Å². The molecule has 98 valence electrons. The molecule has 1 N–H and O–H groups in total. The zero-order valence-corrected chi connectivity index (χ0v) is 12.7. The van der Waals surface area contributed by atoms with Crippen LogP contribution in [0.1, 0.15) is 4.88 Å². The largest absolute Gasteiger partial charge is 0.320 e. The van der Waals surface area contributed by atoms with E-state index >= 15 is 0 Å². The zero-order valence-electron chi connectivity index (χ0n) is 9.49.